The number of hydrogen-bond donors (Lipinski definition) is 2. The fraction of sp³-hybridized carbons (Fsp3) is 0. The molecule has 2 N–H and O–H groups in total. The Labute approximate surface area is 127 Å². The van der Waals surface area contributed by atoms with E-state index in [9.17, 15) is 9.59 Å². The van der Waals surface area contributed by atoms with Gasteiger partial charge in [-0.3, -0.25) is 0 Å². The van der Waals surface area contributed by atoms with E-state index in [4.69, 9.17) is 0 Å². The van der Waals surface area contributed by atoms with Crippen LogP contribution in [0.4, 0.5) is 0 Å². The van der Waals surface area contributed by atoms with Gasteiger partial charge < -0.3 is 0 Å². The molecular formula is C12H10N4O2Se2. The first-order valence-corrected chi connectivity index (χ1v) is 11.6. The molecule has 0 spiro atoms. The summed E-state index contributed by atoms with van der Waals surface area (Å²) in [4.78, 5) is 31.2. The van der Waals surface area contributed by atoms with Gasteiger partial charge in [-0.1, -0.05) is 0 Å². The normalized spacial score (nSPS) is 9.80. The van der Waals surface area contributed by atoms with Crippen LogP contribution in [0.1, 0.15) is 20.7 Å². The van der Waals surface area contributed by atoms with Crippen LogP contribution in [0.3, 0.4) is 0 Å². The molecule has 0 unspecified atom stereocenters. The molecule has 0 aliphatic carbocycles. The van der Waals surface area contributed by atoms with E-state index in [1.807, 2.05) is 0 Å². The molecule has 20 heavy (non-hydrogen) atoms. The Morgan fingerprint density at radius 1 is 0.850 bits per heavy atom. The van der Waals surface area contributed by atoms with Gasteiger partial charge in [0, 0.05) is 0 Å². The molecule has 0 radical (unpaired) electrons. The summed E-state index contributed by atoms with van der Waals surface area (Å²) in [6.45, 7) is 0. The first kappa shape index (κ1) is 14.7. The molecule has 0 aromatic carbocycles. The summed E-state index contributed by atoms with van der Waals surface area (Å²) in [5, 5.41) is 0. The van der Waals surface area contributed by atoms with Crippen LogP contribution in [0.2, 0.25) is 0 Å². The standard InChI is InChI=1S/C12H10N4O2Se2/c17-11(9-3-1-5-13-7-9)15-19-20-16-12(18)10-4-2-6-14-8-10/h1-8H,(H,15,17)(H,16,18). The minimum atomic E-state index is -0.171. The molecule has 0 fully saturated rings. The Kier molecular flexibility index (Phi) is 5.70. The zero-order valence-corrected chi connectivity index (χ0v) is 13.6. The molecule has 0 atom stereocenters. The summed E-state index contributed by atoms with van der Waals surface area (Å²) >= 11 is -0.310. The second kappa shape index (κ2) is 7.77. The summed E-state index contributed by atoms with van der Waals surface area (Å²) in [6.07, 6.45) is 6.24. The topological polar surface area (TPSA) is 84.0 Å². The van der Waals surface area contributed by atoms with Crippen LogP contribution in [0.15, 0.2) is 49.1 Å². The van der Waals surface area contributed by atoms with E-state index < -0.39 is 0 Å². The Bertz CT molecular complexity index is 527. The molecule has 2 rings (SSSR count). The molecule has 0 saturated heterocycles. The molecule has 0 saturated carbocycles. The van der Waals surface area contributed by atoms with E-state index in [2.05, 4.69) is 18.6 Å². The fourth-order valence-corrected chi connectivity index (χ4v) is 4.78. The van der Waals surface area contributed by atoms with Crippen LogP contribution >= 0.6 is 0 Å². The van der Waals surface area contributed by atoms with Crippen molar-refractivity contribution in [1.82, 2.24) is 18.6 Å². The molecule has 0 aliphatic rings. The van der Waals surface area contributed by atoms with E-state index in [1.54, 1.807) is 36.7 Å². The summed E-state index contributed by atoms with van der Waals surface area (Å²) in [6, 6.07) is 6.80. The van der Waals surface area contributed by atoms with Gasteiger partial charge >= 0.3 is 127 Å². The minimum absolute atomic E-state index is 0.155. The van der Waals surface area contributed by atoms with E-state index in [0.717, 1.165) is 0 Å². The third kappa shape index (κ3) is 4.43. The predicted molar refractivity (Wildman–Crippen MR) is 74.9 cm³/mol. The fourth-order valence-electron chi connectivity index (χ4n) is 1.23. The van der Waals surface area contributed by atoms with Crippen molar-refractivity contribution >= 4 is 38.5 Å². The second-order valence-electron chi connectivity index (χ2n) is 3.51. The van der Waals surface area contributed by atoms with Gasteiger partial charge in [0.05, 0.1) is 0 Å². The zero-order valence-electron chi connectivity index (χ0n) is 10.1. The molecule has 0 aliphatic heterocycles. The van der Waals surface area contributed by atoms with Crippen LogP contribution in [0.5, 0.6) is 0 Å². The van der Waals surface area contributed by atoms with Gasteiger partial charge in [0.2, 0.25) is 0 Å². The number of carbonyl (C=O) groups excluding carboxylic acids is 2. The summed E-state index contributed by atoms with van der Waals surface area (Å²) in [5.74, 6) is -0.341. The van der Waals surface area contributed by atoms with Crippen molar-refractivity contribution in [3.05, 3.63) is 60.2 Å². The number of rotatable bonds is 5. The average Bonchev–Trinajstić information content (AvgIpc) is 2.53. The van der Waals surface area contributed by atoms with Crippen LogP contribution in [-0.2, 0) is 0 Å². The Morgan fingerprint density at radius 3 is 1.65 bits per heavy atom. The zero-order chi connectivity index (χ0) is 14.2. The number of aromatic nitrogens is 2. The summed E-state index contributed by atoms with van der Waals surface area (Å²) in [7, 11) is 0. The Balaban J connectivity index is 1.72. The Morgan fingerprint density at radius 2 is 1.30 bits per heavy atom. The number of amides is 2. The van der Waals surface area contributed by atoms with Crippen molar-refractivity contribution in [2.75, 3.05) is 0 Å². The van der Waals surface area contributed by atoms with Crippen LogP contribution < -0.4 is 8.67 Å². The van der Waals surface area contributed by atoms with Gasteiger partial charge in [0.25, 0.3) is 0 Å². The van der Waals surface area contributed by atoms with E-state index >= 15 is 0 Å². The maximum atomic E-state index is 11.7. The molecule has 2 heterocycles. The number of hydrogen-bond acceptors (Lipinski definition) is 4. The van der Waals surface area contributed by atoms with Crippen molar-refractivity contribution < 1.29 is 9.59 Å². The SMILES string of the molecule is O=C(N[Se][Se]NC(=O)c1cccnc1)c1cccnc1. The first-order valence-electron chi connectivity index (χ1n) is 5.50. The van der Waals surface area contributed by atoms with Crippen LogP contribution in [0.25, 0.3) is 0 Å². The van der Waals surface area contributed by atoms with Crippen molar-refractivity contribution in [2.45, 2.75) is 0 Å². The third-order valence-electron chi connectivity index (χ3n) is 2.16. The van der Waals surface area contributed by atoms with Crippen molar-refractivity contribution in [2.24, 2.45) is 0 Å². The average molecular weight is 400 g/mol. The number of pyridine rings is 2. The molecule has 0 bridgehead atoms. The van der Waals surface area contributed by atoms with Crippen molar-refractivity contribution in [3.63, 3.8) is 0 Å². The Hall–Kier alpha value is -1.72. The van der Waals surface area contributed by atoms with Gasteiger partial charge in [0.1, 0.15) is 0 Å². The summed E-state index contributed by atoms with van der Waals surface area (Å²) in [5.41, 5.74) is 1.03. The molecule has 6 nitrogen and oxygen atoms in total. The van der Waals surface area contributed by atoms with Gasteiger partial charge in [-0.25, -0.2) is 0 Å². The molecule has 2 aromatic rings. The van der Waals surface area contributed by atoms with Gasteiger partial charge in [-0.2, -0.15) is 0 Å². The molecule has 102 valence electrons. The quantitative estimate of drug-likeness (QED) is 0.538. The molecular weight excluding hydrogens is 390 g/mol. The van der Waals surface area contributed by atoms with Crippen molar-refractivity contribution in [1.29, 1.82) is 0 Å². The number of nitrogens with zero attached hydrogens (tertiary/aromatic N) is 2. The predicted octanol–water partition coefficient (Wildman–Crippen LogP) is -0.210. The summed E-state index contributed by atoms with van der Waals surface area (Å²) < 4.78 is 5.57. The van der Waals surface area contributed by atoms with Gasteiger partial charge in [-0.05, 0) is 0 Å². The molecule has 8 heteroatoms. The van der Waals surface area contributed by atoms with E-state index in [0.29, 0.717) is 11.1 Å². The van der Waals surface area contributed by atoms with Crippen molar-refractivity contribution in [3.8, 4) is 0 Å². The van der Waals surface area contributed by atoms with Crippen LogP contribution in [-0.4, -0.2) is 48.5 Å². The number of nitrogens with one attached hydrogen (secondary N) is 2. The van der Waals surface area contributed by atoms with Crippen LogP contribution in [0, 0.1) is 0 Å². The number of carbonyl (C=O) groups is 2. The molecule has 2 aromatic heterocycles. The molecule has 2 amide bonds. The van der Waals surface area contributed by atoms with E-state index in [-0.39, 0.29) is 38.5 Å². The van der Waals surface area contributed by atoms with Gasteiger partial charge in [0.15, 0.2) is 0 Å². The monoisotopic (exact) mass is 402 g/mol. The maximum absolute atomic E-state index is 11.7. The van der Waals surface area contributed by atoms with Gasteiger partial charge in [-0.15, -0.1) is 0 Å². The third-order valence-corrected chi connectivity index (χ3v) is 6.19. The first-order chi connectivity index (χ1) is 9.77. The van der Waals surface area contributed by atoms with E-state index in [1.165, 1.54) is 12.4 Å². The second-order valence-corrected chi connectivity index (χ2v) is 8.70.